The van der Waals surface area contributed by atoms with Gasteiger partial charge in [0.1, 0.15) is 5.75 Å². The number of hydrogen-bond acceptors (Lipinski definition) is 8. The van der Waals surface area contributed by atoms with Crippen LogP contribution in [-0.4, -0.2) is 28.2 Å². The van der Waals surface area contributed by atoms with Crippen molar-refractivity contribution in [3.8, 4) is 17.8 Å². The minimum absolute atomic E-state index is 0.210. The third-order valence-corrected chi connectivity index (χ3v) is 4.03. The van der Waals surface area contributed by atoms with E-state index in [2.05, 4.69) is 25.6 Å². The van der Waals surface area contributed by atoms with Crippen molar-refractivity contribution in [3.63, 3.8) is 0 Å². The van der Waals surface area contributed by atoms with Crippen LogP contribution in [0.2, 0.25) is 0 Å². The largest absolute Gasteiger partial charge is 0.464 e. The topological polar surface area (TPSA) is 90.4 Å². The Morgan fingerprint density at radius 3 is 2.25 bits per heavy atom. The predicted octanol–water partition coefficient (Wildman–Crippen LogP) is 3.92. The van der Waals surface area contributed by atoms with Crippen molar-refractivity contribution in [3.05, 3.63) is 54.1 Å². The lowest BCUT2D eigenvalue weighted by molar-refractivity contribution is 0.260. The van der Waals surface area contributed by atoms with Gasteiger partial charge in [0.2, 0.25) is 5.95 Å². The van der Waals surface area contributed by atoms with Gasteiger partial charge in [0, 0.05) is 11.3 Å². The van der Waals surface area contributed by atoms with Crippen molar-refractivity contribution >= 4 is 17.3 Å². The third-order valence-electron chi connectivity index (χ3n) is 4.03. The summed E-state index contributed by atoms with van der Waals surface area (Å²) in [5.41, 5.74) is 2.84. The lowest BCUT2D eigenvalue weighted by Crippen LogP contribution is -2.10. The number of anilines is 3. The molecule has 0 aliphatic carbocycles. The lowest BCUT2D eigenvalue weighted by atomic mass is 10.2. The SMILES string of the molecule is CCOc1nc(Nc2ccc(C3Nc4ccccc4O3)cc2)nc(OCC)n1. The van der Waals surface area contributed by atoms with Gasteiger partial charge in [0.05, 0.1) is 18.9 Å². The fraction of sp³-hybridized carbons (Fsp3) is 0.250. The Morgan fingerprint density at radius 2 is 1.61 bits per heavy atom. The van der Waals surface area contributed by atoms with Crippen molar-refractivity contribution in [2.75, 3.05) is 23.8 Å². The van der Waals surface area contributed by atoms with Crippen LogP contribution >= 0.6 is 0 Å². The predicted molar refractivity (Wildman–Crippen MR) is 105 cm³/mol. The summed E-state index contributed by atoms with van der Waals surface area (Å²) >= 11 is 0. The molecule has 8 heteroatoms. The molecule has 1 aliphatic rings. The lowest BCUT2D eigenvalue weighted by Gasteiger charge is -2.13. The van der Waals surface area contributed by atoms with Crippen LogP contribution in [0.25, 0.3) is 0 Å². The Kier molecular flexibility index (Phi) is 5.09. The molecule has 2 N–H and O–H groups in total. The van der Waals surface area contributed by atoms with E-state index in [4.69, 9.17) is 14.2 Å². The van der Waals surface area contributed by atoms with Crippen LogP contribution in [0.15, 0.2) is 48.5 Å². The van der Waals surface area contributed by atoms with Gasteiger partial charge in [0.25, 0.3) is 0 Å². The number of ether oxygens (including phenoxy) is 3. The van der Waals surface area contributed by atoms with E-state index in [1.165, 1.54) is 0 Å². The van der Waals surface area contributed by atoms with Crippen molar-refractivity contribution in [2.24, 2.45) is 0 Å². The highest BCUT2D eigenvalue weighted by Crippen LogP contribution is 2.37. The third kappa shape index (κ3) is 3.90. The standard InChI is InChI=1S/C20H21N5O3/c1-3-26-19-23-18(24-20(25-19)27-4-2)21-14-11-9-13(10-12-14)17-22-15-7-5-6-8-16(15)28-17/h5-12,17,22H,3-4H2,1-2H3,(H,21,23,24,25). The van der Waals surface area contributed by atoms with Crippen molar-refractivity contribution < 1.29 is 14.2 Å². The van der Waals surface area contributed by atoms with E-state index in [-0.39, 0.29) is 18.2 Å². The number of rotatable bonds is 7. The second-order valence-electron chi connectivity index (χ2n) is 5.98. The number of nitrogens with zero attached hydrogens (tertiary/aromatic N) is 3. The second-order valence-corrected chi connectivity index (χ2v) is 5.98. The molecule has 0 saturated carbocycles. The molecule has 1 atom stereocenters. The van der Waals surface area contributed by atoms with Gasteiger partial charge in [-0.25, -0.2) is 0 Å². The van der Waals surface area contributed by atoms with Gasteiger partial charge in [0.15, 0.2) is 6.23 Å². The molecule has 3 aromatic rings. The van der Waals surface area contributed by atoms with E-state index in [1.807, 2.05) is 62.4 Å². The average molecular weight is 379 g/mol. The van der Waals surface area contributed by atoms with Crippen molar-refractivity contribution in [1.29, 1.82) is 0 Å². The van der Waals surface area contributed by atoms with Gasteiger partial charge >= 0.3 is 12.0 Å². The maximum Gasteiger partial charge on any atom is 0.324 e. The van der Waals surface area contributed by atoms with Crippen LogP contribution in [0.3, 0.4) is 0 Å². The molecule has 0 bridgehead atoms. The number of nitrogens with one attached hydrogen (secondary N) is 2. The molecule has 4 rings (SSSR count). The molecule has 28 heavy (non-hydrogen) atoms. The van der Waals surface area contributed by atoms with E-state index in [9.17, 15) is 0 Å². The minimum atomic E-state index is -0.210. The summed E-state index contributed by atoms with van der Waals surface area (Å²) in [5.74, 6) is 1.21. The quantitative estimate of drug-likeness (QED) is 0.638. The summed E-state index contributed by atoms with van der Waals surface area (Å²) in [6.07, 6.45) is -0.210. The summed E-state index contributed by atoms with van der Waals surface area (Å²) in [6.45, 7) is 4.65. The van der Waals surface area contributed by atoms with Crippen LogP contribution < -0.4 is 24.8 Å². The van der Waals surface area contributed by atoms with Crippen LogP contribution in [0.5, 0.6) is 17.8 Å². The van der Waals surface area contributed by atoms with Gasteiger partial charge in [-0.2, -0.15) is 9.97 Å². The Balaban J connectivity index is 1.48. The van der Waals surface area contributed by atoms with Crippen LogP contribution in [0.1, 0.15) is 25.6 Å². The first-order valence-electron chi connectivity index (χ1n) is 9.16. The minimum Gasteiger partial charge on any atom is -0.464 e. The molecule has 1 unspecified atom stereocenters. The first kappa shape index (κ1) is 17.8. The Bertz CT molecular complexity index is 900. The number of hydrogen-bond donors (Lipinski definition) is 2. The first-order valence-corrected chi connectivity index (χ1v) is 9.16. The van der Waals surface area contributed by atoms with Gasteiger partial charge in [-0.05, 0) is 38.1 Å². The highest BCUT2D eigenvalue weighted by Gasteiger charge is 2.22. The number of fused-ring (bicyclic) bond motifs is 1. The molecule has 0 fully saturated rings. The van der Waals surface area contributed by atoms with Gasteiger partial charge in [-0.3, -0.25) is 0 Å². The fourth-order valence-corrected chi connectivity index (χ4v) is 2.79. The zero-order chi connectivity index (χ0) is 19.3. The Labute approximate surface area is 162 Å². The molecular weight excluding hydrogens is 358 g/mol. The molecule has 1 aromatic heterocycles. The molecule has 0 saturated heterocycles. The zero-order valence-corrected chi connectivity index (χ0v) is 15.7. The maximum atomic E-state index is 5.94. The Hall–Kier alpha value is -3.55. The summed E-state index contributed by atoms with van der Waals surface area (Å²) < 4.78 is 16.7. The van der Waals surface area contributed by atoms with Gasteiger partial charge in [-0.15, -0.1) is 4.98 Å². The zero-order valence-electron chi connectivity index (χ0n) is 15.7. The van der Waals surface area contributed by atoms with E-state index in [1.54, 1.807) is 0 Å². The molecule has 2 aromatic carbocycles. The Morgan fingerprint density at radius 1 is 0.929 bits per heavy atom. The van der Waals surface area contributed by atoms with E-state index in [0.29, 0.717) is 19.2 Å². The van der Waals surface area contributed by atoms with Gasteiger partial charge < -0.3 is 24.8 Å². The molecule has 8 nitrogen and oxygen atoms in total. The fourth-order valence-electron chi connectivity index (χ4n) is 2.79. The second kappa shape index (κ2) is 7.99. The van der Waals surface area contributed by atoms with Crippen LogP contribution in [-0.2, 0) is 0 Å². The molecule has 144 valence electrons. The summed E-state index contributed by atoms with van der Waals surface area (Å²) in [7, 11) is 0. The molecule has 0 amide bonds. The van der Waals surface area contributed by atoms with E-state index < -0.39 is 0 Å². The summed E-state index contributed by atoms with van der Waals surface area (Å²) in [4.78, 5) is 12.6. The highest BCUT2D eigenvalue weighted by atomic mass is 16.5. The molecule has 0 radical (unpaired) electrons. The van der Waals surface area contributed by atoms with E-state index in [0.717, 1.165) is 22.7 Å². The number of para-hydroxylation sites is 2. The average Bonchev–Trinajstić information content (AvgIpc) is 3.13. The van der Waals surface area contributed by atoms with Crippen molar-refractivity contribution in [2.45, 2.75) is 20.1 Å². The highest BCUT2D eigenvalue weighted by molar-refractivity contribution is 5.61. The van der Waals surface area contributed by atoms with Crippen molar-refractivity contribution in [1.82, 2.24) is 15.0 Å². The molecular formula is C20H21N5O3. The molecule has 1 aliphatic heterocycles. The monoisotopic (exact) mass is 379 g/mol. The van der Waals surface area contributed by atoms with Crippen LogP contribution in [0, 0.1) is 0 Å². The van der Waals surface area contributed by atoms with Crippen LogP contribution in [0.4, 0.5) is 17.3 Å². The normalized spacial score (nSPS) is 14.6. The summed E-state index contributed by atoms with van der Waals surface area (Å²) in [5, 5.41) is 6.51. The first-order chi connectivity index (χ1) is 13.7. The maximum absolute atomic E-state index is 5.94. The number of aromatic nitrogens is 3. The summed E-state index contributed by atoms with van der Waals surface area (Å²) in [6, 6.07) is 16.2. The smallest absolute Gasteiger partial charge is 0.324 e. The molecule has 0 spiro atoms. The number of benzene rings is 2. The van der Waals surface area contributed by atoms with Gasteiger partial charge in [-0.1, -0.05) is 24.3 Å². The molecule has 2 heterocycles. The van der Waals surface area contributed by atoms with E-state index >= 15 is 0 Å².